The maximum Gasteiger partial charge on any atom is 0.214 e. The molecule has 0 atom stereocenters. The molecule has 0 spiro atoms. The molecule has 3 heteroatoms. The van der Waals surface area contributed by atoms with Gasteiger partial charge in [-0.05, 0) is 18.9 Å². The lowest BCUT2D eigenvalue weighted by atomic mass is 10.3. The summed E-state index contributed by atoms with van der Waals surface area (Å²) in [5, 5.41) is 0. The molecule has 0 N–H and O–H groups in total. The number of anilines is 1. The van der Waals surface area contributed by atoms with Gasteiger partial charge in [-0.25, -0.2) is 0 Å². The predicted molar refractivity (Wildman–Crippen MR) is 44.6 cm³/mol. The van der Waals surface area contributed by atoms with Crippen molar-refractivity contribution in [1.29, 1.82) is 0 Å². The molecule has 0 unspecified atom stereocenters. The average Bonchev–Trinajstić information content (AvgIpc) is 2.92. The molecular formula is C9H9N2O. The molecule has 0 aromatic carbocycles. The SMILES string of the molecule is O=CN(c1[c]cncc1)C1CC1. The van der Waals surface area contributed by atoms with Gasteiger partial charge >= 0.3 is 0 Å². The van der Waals surface area contributed by atoms with E-state index in [1.807, 2.05) is 0 Å². The van der Waals surface area contributed by atoms with E-state index in [9.17, 15) is 4.79 Å². The van der Waals surface area contributed by atoms with Crippen molar-refractivity contribution in [2.24, 2.45) is 0 Å². The first kappa shape index (κ1) is 7.28. The Labute approximate surface area is 71.0 Å². The van der Waals surface area contributed by atoms with Crippen molar-refractivity contribution >= 4 is 12.1 Å². The van der Waals surface area contributed by atoms with Gasteiger partial charge in [-0.3, -0.25) is 9.78 Å². The summed E-state index contributed by atoms with van der Waals surface area (Å²) >= 11 is 0. The summed E-state index contributed by atoms with van der Waals surface area (Å²) in [5.74, 6) is 0. The van der Waals surface area contributed by atoms with E-state index in [0.717, 1.165) is 24.9 Å². The van der Waals surface area contributed by atoms with Gasteiger partial charge in [-0.1, -0.05) is 0 Å². The lowest BCUT2D eigenvalue weighted by molar-refractivity contribution is -0.107. The highest BCUT2D eigenvalue weighted by Gasteiger charge is 2.28. The highest BCUT2D eigenvalue weighted by molar-refractivity contribution is 5.76. The Balaban J connectivity index is 2.21. The molecule has 1 heterocycles. The van der Waals surface area contributed by atoms with Gasteiger partial charge in [0.25, 0.3) is 0 Å². The molecule has 1 aliphatic carbocycles. The molecule has 2 rings (SSSR count). The zero-order valence-corrected chi connectivity index (χ0v) is 6.60. The standard InChI is InChI=1S/C9H9N2O/c12-7-11(8-1-2-8)9-3-5-10-6-4-9/h3,5-8H,1-2H2. The van der Waals surface area contributed by atoms with Gasteiger partial charge in [0, 0.05) is 24.5 Å². The number of hydrogen-bond acceptors (Lipinski definition) is 2. The summed E-state index contributed by atoms with van der Waals surface area (Å²) in [6.45, 7) is 0. The Morgan fingerprint density at radius 3 is 3.00 bits per heavy atom. The quantitative estimate of drug-likeness (QED) is 0.620. The van der Waals surface area contributed by atoms with Gasteiger partial charge in [0.15, 0.2) is 0 Å². The second kappa shape index (κ2) is 2.93. The summed E-state index contributed by atoms with van der Waals surface area (Å²) < 4.78 is 0. The van der Waals surface area contributed by atoms with E-state index in [-0.39, 0.29) is 0 Å². The molecule has 12 heavy (non-hydrogen) atoms. The normalized spacial score (nSPS) is 15.7. The number of carbonyl (C=O) groups is 1. The van der Waals surface area contributed by atoms with E-state index >= 15 is 0 Å². The average molecular weight is 161 g/mol. The number of pyridine rings is 1. The minimum absolute atomic E-state index is 0.404. The summed E-state index contributed by atoms with van der Waals surface area (Å²) in [4.78, 5) is 16.2. The van der Waals surface area contributed by atoms with E-state index in [0.29, 0.717) is 6.04 Å². The maximum absolute atomic E-state index is 10.7. The van der Waals surface area contributed by atoms with Crippen LogP contribution in [0.4, 0.5) is 5.69 Å². The van der Waals surface area contributed by atoms with Crippen LogP contribution in [0.1, 0.15) is 12.8 Å². The minimum atomic E-state index is 0.404. The van der Waals surface area contributed by atoms with Crippen LogP contribution in [0.2, 0.25) is 0 Å². The highest BCUT2D eigenvalue weighted by atomic mass is 16.1. The van der Waals surface area contributed by atoms with Crippen LogP contribution in [0.25, 0.3) is 0 Å². The molecule has 0 aliphatic heterocycles. The molecule has 0 bridgehead atoms. The zero-order chi connectivity index (χ0) is 8.39. The second-order valence-electron chi connectivity index (χ2n) is 2.87. The molecule has 1 saturated carbocycles. The van der Waals surface area contributed by atoms with Gasteiger partial charge in [0.1, 0.15) is 0 Å². The van der Waals surface area contributed by atoms with Crippen molar-refractivity contribution in [3.63, 3.8) is 0 Å². The topological polar surface area (TPSA) is 33.2 Å². The third kappa shape index (κ3) is 1.30. The molecule has 0 saturated heterocycles. The third-order valence-electron chi connectivity index (χ3n) is 1.94. The van der Waals surface area contributed by atoms with Gasteiger partial charge in [-0.15, -0.1) is 0 Å². The van der Waals surface area contributed by atoms with E-state index < -0.39 is 0 Å². The molecule has 61 valence electrons. The number of aromatic nitrogens is 1. The minimum Gasteiger partial charge on any atom is -0.311 e. The van der Waals surface area contributed by atoms with Gasteiger partial charge in [-0.2, -0.15) is 0 Å². The molecule has 1 aromatic heterocycles. The number of rotatable bonds is 3. The fourth-order valence-electron chi connectivity index (χ4n) is 1.16. The van der Waals surface area contributed by atoms with Crippen LogP contribution in [0, 0.1) is 6.07 Å². The lowest BCUT2D eigenvalue weighted by Gasteiger charge is -2.14. The van der Waals surface area contributed by atoms with Crippen LogP contribution < -0.4 is 4.90 Å². The van der Waals surface area contributed by atoms with Gasteiger partial charge in [0.05, 0.1) is 5.69 Å². The summed E-state index contributed by atoms with van der Waals surface area (Å²) in [7, 11) is 0. The highest BCUT2D eigenvalue weighted by Crippen LogP contribution is 2.29. The van der Waals surface area contributed by atoms with E-state index in [2.05, 4.69) is 11.1 Å². The third-order valence-corrected chi connectivity index (χ3v) is 1.94. The van der Waals surface area contributed by atoms with Crippen molar-refractivity contribution < 1.29 is 4.79 Å². The monoisotopic (exact) mass is 161 g/mol. The summed E-state index contributed by atoms with van der Waals surface area (Å²) in [5.41, 5.74) is 0.822. The molecule has 1 aromatic rings. The first-order chi connectivity index (χ1) is 5.92. The van der Waals surface area contributed by atoms with Gasteiger partial charge in [0.2, 0.25) is 6.41 Å². The van der Waals surface area contributed by atoms with Gasteiger partial charge < -0.3 is 4.90 Å². The molecule has 1 radical (unpaired) electrons. The van der Waals surface area contributed by atoms with Crippen molar-refractivity contribution in [2.45, 2.75) is 18.9 Å². The maximum atomic E-state index is 10.7. The molecule has 1 fully saturated rings. The Kier molecular flexibility index (Phi) is 1.78. The van der Waals surface area contributed by atoms with Crippen molar-refractivity contribution in [3.05, 3.63) is 24.5 Å². The smallest absolute Gasteiger partial charge is 0.214 e. The molecule has 3 nitrogen and oxygen atoms in total. The van der Waals surface area contributed by atoms with Crippen LogP contribution in [0.5, 0.6) is 0 Å². The summed E-state index contributed by atoms with van der Waals surface area (Å²) in [6.07, 6.45) is 6.33. The number of hydrogen-bond donors (Lipinski definition) is 0. The number of nitrogens with zero attached hydrogens (tertiary/aromatic N) is 2. The first-order valence-electron chi connectivity index (χ1n) is 3.97. The van der Waals surface area contributed by atoms with Crippen LogP contribution in [0.15, 0.2) is 18.5 Å². The first-order valence-corrected chi connectivity index (χ1v) is 3.97. The molecular weight excluding hydrogens is 152 g/mol. The number of carbonyl (C=O) groups excluding carboxylic acids is 1. The van der Waals surface area contributed by atoms with E-state index in [1.54, 1.807) is 23.4 Å². The van der Waals surface area contributed by atoms with Crippen LogP contribution >= 0.6 is 0 Å². The van der Waals surface area contributed by atoms with Crippen LogP contribution in [-0.2, 0) is 4.79 Å². The van der Waals surface area contributed by atoms with Crippen molar-refractivity contribution in [1.82, 2.24) is 4.98 Å². The zero-order valence-electron chi connectivity index (χ0n) is 6.60. The van der Waals surface area contributed by atoms with Crippen molar-refractivity contribution in [2.75, 3.05) is 4.90 Å². The Morgan fingerprint density at radius 1 is 1.67 bits per heavy atom. The largest absolute Gasteiger partial charge is 0.311 e. The lowest BCUT2D eigenvalue weighted by Crippen LogP contribution is -2.23. The van der Waals surface area contributed by atoms with E-state index in [4.69, 9.17) is 0 Å². The fourth-order valence-corrected chi connectivity index (χ4v) is 1.16. The second-order valence-corrected chi connectivity index (χ2v) is 2.87. The Hall–Kier alpha value is -1.38. The Morgan fingerprint density at radius 2 is 2.50 bits per heavy atom. The van der Waals surface area contributed by atoms with Crippen molar-refractivity contribution in [3.8, 4) is 0 Å². The van der Waals surface area contributed by atoms with E-state index in [1.165, 1.54) is 0 Å². The predicted octanol–water partition coefficient (Wildman–Crippen LogP) is 1.01. The van der Waals surface area contributed by atoms with Crippen LogP contribution in [-0.4, -0.2) is 17.4 Å². The molecule has 1 amide bonds. The summed E-state index contributed by atoms with van der Waals surface area (Å²) in [6, 6.07) is 5.13. The number of amides is 1. The Bertz CT molecular complexity index is 269. The fraction of sp³-hybridized carbons (Fsp3) is 0.333. The van der Waals surface area contributed by atoms with Crippen LogP contribution in [0.3, 0.4) is 0 Å². The molecule has 1 aliphatic rings.